The second-order valence-electron chi connectivity index (χ2n) is 13.3. The zero-order valence-electron chi connectivity index (χ0n) is 25.5. The number of ether oxygens (including phenoxy) is 2. The minimum atomic E-state index is -2.08. The fraction of sp³-hybridized carbons (Fsp3) is 0.741. The summed E-state index contributed by atoms with van der Waals surface area (Å²) in [6.07, 6.45) is 3.34. The molecule has 0 saturated carbocycles. The van der Waals surface area contributed by atoms with Gasteiger partial charge >= 0.3 is 0 Å². The highest BCUT2D eigenvalue weighted by Gasteiger charge is 2.47. The molecule has 0 unspecified atom stereocenters. The quantitative estimate of drug-likeness (QED) is 0.249. The van der Waals surface area contributed by atoms with Crippen molar-refractivity contribution >= 4 is 33.7 Å². The number of aliphatic hydroxyl groups excluding tert-OH is 1. The predicted octanol–water partition coefficient (Wildman–Crippen LogP) is 5.50. The summed E-state index contributed by atoms with van der Waals surface area (Å²) in [5.41, 5.74) is 1.13. The van der Waals surface area contributed by atoms with Crippen LogP contribution in [0, 0.1) is 0 Å². The van der Waals surface area contributed by atoms with Crippen LogP contribution in [0.1, 0.15) is 54.2 Å². The second kappa shape index (κ2) is 12.0. The standard InChI is InChI=1S/C27H49N5O5Si2/c1-12-15-34-24-22-23(30-25(31-24)28-13-14-33)32(18-29-22)21-16-19(37-39(10,11)27(5,6)7)20(36-21)17-35-38(8,9)26(2,3)4/h12,18-21,33H,1,13-17H2,2-11H3,(H,28,30,31)/t19-,20+,21+/m1/s1. The van der Waals surface area contributed by atoms with E-state index in [1.807, 2.05) is 4.57 Å². The normalized spacial score (nSPS) is 20.9. The first-order valence-corrected chi connectivity index (χ1v) is 19.6. The van der Waals surface area contributed by atoms with E-state index in [0.29, 0.717) is 42.6 Å². The number of anilines is 1. The van der Waals surface area contributed by atoms with Gasteiger partial charge in [0.05, 0.1) is 25.6 Å². The molecule has 2 aromatic heterocycles. The Morgan fingerprint density at radius 1 is 1.13 bits per heavy atom. The molecule has 220 valence electrons. The Morgan fingerprint density at radius 3 is 2.38 bits per heavy atom. The van der Waals surface area contributed by atoms with Crippen molar-refractivity contribution in [1.29, 1.82) is 0 Å². The number of fused-ring (bicyclic) bond motifs is 1. The molecule has 3 rings (SSSR count). The second-order valence-corrected chi connectivity index (χ2v) is 22.8. The van der Waals surface area contributed by atoms with Gasteiger partial charge in [-0.15, -0.1) is 0 Å². The SMILES string of the molecule is C=CCOc1nc(NCCO)nc2c1ncn2[C@@H]1C[C@@H](O[Si](C)(C)C(C)(C)C)[C@H](CO[Si](C)(C)C(C)(C)C)O1. The molecule has 0 aromatic carbocycles. The number of aromatic nitrogens is 4. The van der Waals surface area contributed by atoms with Crippen LogP contribution < -0.4 is 10.1 Å². The first-order valence-electron chi connectivity index (χ1n) is 13.8. The van der Waals surface area contributed by atoms with Gasteiger partial charge in [0.25, 0.3) is 0 Å². The lowest BCUT2D eigenvalue weighted by Crippen LogP contribution is -2.48. The van der Waals surface area contributed by atoms with E-state index in [-0.39, 0.29) is 41.7 Å². The zero-order valence-corrected chi connectivity index (χ0v) is 27.5. The van der Waals surface area contributed by atoms with Crippen molar-refractivity contribution in [2.24, 2.45) is 0 Å². The number of hydrogen-bond donors (Lipinski definition) is 2. The zero-order chi connectivity index (χ0) is 29.2. The molecule has 2 aromatic rings. The smallest absolute Gasteiger partial charge is 0.247 e. The van der Waals surface area contributed by atoms with Crippen LogP contribution in [0.3, 0.4) is 0 Å². The van der Waals surface area contributed by atoms with Crippen molar-refractivity contribution in [2.75, 3.05) is 31.7 Å². The Bertz CT molecular complexity index is 1130. The largest absolute Gasteiger partial charge is 0.472 e. The van der Waals surface area contributed by atoms with Crippen LogP contribution in [0.25, 0.3) is 11.2 Å². The molecule has 0 aliphatic carbocycles. The molecule has 10 nitrogen and oxygen atoms in total. The van der Waals surface area contributed by atoms with E-state index in [4.69, 9.17) is 23.3 Å². The summed E-state index contributed by atoms with van der Waals surface area (Å²) >= 11 is 0. The van der Waals surface area contributed by atoms with Gasteiger partial charge in [-0.1, -0.05) is 54.2 Å². The van der Waals surface area contributed by atoms with Crippen LogP contribution >= 0.6 is 0 Å². The molecule has 1 fully saturated rings. The molecule has 1 saturated heterocycles. The molecule has 12 heteroatoms. The van der Waals surface area contributed by atoms with E-state index in [1.54, 1.807) is 12.4 Å². The highest BCUT2D eigenvalue weighted by molar-refractivity contribution is 6.74. The summed E-state index contributed by atoms with van der Waals surface area (Å²) in [5, 5.41) is 12.5. The average molecular weight is 580 g/mol. The van der Waals surface area contributed by atoms with E-state index < -0.39 is 16.6 Å². The third kappa shape index (κ3) is 7.28. The molecule has 1 aliphatic rings. The van der Waals surface area contributed by atoms with Crippen LogP contribution in [0.4, 0.5) is 5.95 Å². The Hall–Kier alpha value is -1.84. The minimum Gasteiger partial charge on any atom is -0.472 e. The molecular formula is C27H49N5O5Si2. The number of aliphatic hydroxyl groups is 1. The maximum absolute atomic E-state index is 9.29. The summed E-state index contributed by atoms with van der Waals surface area (Å²) in [6, 6.07) is 0. The first-order chi connectivity index (χ1) is 18.0. The van der Waals surface area contributed by atoms with Gasteiger partial charge in [0.1, 0.15) is 18.9 Å². The van der Waals surface area contributed by atoms with E-state index in [1.165, 1.54) is 0 Å². The average Bonchev–Trinajstić information content (AvgIpc) is 3.42. The molecule has 0 spiro atoms. The molecule has 0 amide bonds. The van der Waals surface area contributed by atoms with Gasteiger partial charge in [0.15, 0.2) is 27.8 Å². The number of hydrogen-bond acceptors (Lipinski definition) is 9. The molecule has 3 atom stereocenters. The van der Waals surface area contributed by atoms with E-state index in [0.717, 1.165) is 0 Å². The predicted molar refractivity (Wildman–Crippen MR) is 160 cm³/mol. The monoisotopic (exact) mass is 579 g/mol. The van der Waals surface area contributed by atoms with Crippen LogP contribution in [0.5, 0.6) is 5.88 Å². The summed E-state index contributed by atoms with van der Waals surface area (Å²) < 4.78 is 27.9. The molecular weight excluding hydrogens is 530 g/mol. The third-order valence-corrected chi connectivity index (χ3v) is 17.3. The van der Waals surface area contributed by atoms with Crippen LogP contribution in [-0.2, 0) is 13.6 Å². The number of nitrogens with one attached hydrogen (secondary N) is 1. The maximum atomic E-state index is 9.29. The molecule has 39 heavy (non-hydrogen) atoms. The highest BCUT2D eigenvalue weighted by Crippen LogP contribution is 2.43. The third-order valence-electron chi connectivity index (χ3n) is 8.28. The van der Waals surface area contributed by atoms with Gasteiger partial charge in [-0.3, -0.25) is 4.57 Å². The first kappa shape index (κ1) is 31.7. The van der Waals surface area contributed by atoms with Crippen molar-refractivity contribution in [2.45, 2.75) is 103 Å². The Morgan fingerprint density at radius 2 is 1.79 bits per heavy atom. The number of nitrogens with zero attached hydrogens (tertiary/aromatic N) is 4. The van der Waals surface area contributed by atoms with E-state index in [2.05, 4.69) is 89.6 Å². The van der Waals surface area contributed by atoms with Crippen molar-refractivity contribution in [3.05, 3.63) is 19.0 Å². The van der Waals surface area contributed by atoms with Crippen LogP contribution in [-0.4, -0.2) is 79.8 Å². The summed E-state index contributed by atoms with van der Waals surface area (Å²) in [5.74, 6) is 0.700. The molecule has 0 bridgehead atoms. The summed E-state index contributed by atoms with van der Waals surface area (Å²) in [7, 11) is -4.06. The Balaban J connectivity index is 1.96. The van der Waals surface area contributed by atoms with E-state index in [9.17, 15) is 5.11 Å². The van der Waals surface area contributed by atoms with Gasteiger partial charge in [0.2, 0.25) is 11.8 Å². The summed E-state index contributed by atoms with van der Waals surface area (Å²) in [6.45, 7) is 27.3. The highest BCUT2D eigenvalue weighted by atomic mass is 28.4. The molecule has 0 radical (unpaired) electrons. The van der Waals surface area contributed by atoms with Gasteiger partial charge in [-0.2, -0.15) is 9.97 Å². The lowest BCUT2D eigenvalue weighted by atomic mass is 10.2. The lowest BCUT2D eigenvalue weighted by Gasteiger charge is -2.40. The van der Waals surface area contributed by atoms with Gasteiger partial charge in [0, 0.05) is 13.0 Å². The number of rotatable bonds is 12. The van der Waals surface area contributed by atoms with Crippen LogP contribution in [0.2, 0.25) is 36.3 Å². The number of imidazole rings is 1. The van der Waals surface area contributed by atoms with Gasteiger partial charge < -0.3 is 28.7 Å². The van der Waals surface area contributed by atoms with E-state index >= 15 is 0 Å². The fourth-order valence-corrected chi connectivity index (χ4v) is 6.17. The lowest BCUT2D eigenvalue weighted by molar-refractivity contribution is -0.0383. The van der Waals surface area contributed by atoms with Crippen molar-refractivity contribution in [1.82, 2.24) is 19.5 Å². The Kier molecular flexibility index (Phi) is 9.71. The molecule has 1 aliphatic heterocycles. The van der Waals surface area contributed by atoms with Crippen LogP contribution in [0.15, 0.2) is 19.0 Å². The van der Waals surface area contributed by atoms with Gasteiger partial charge in [-0.05, 0) is 36.3 Å². The minimum absolute atomic E-state index is 0.0440. The van der Waals surface area contributed by atoms with Crippen molar-refractivity contribution in [3.8, 4) is 5.88 Å². The maximum Gasteiger partial charge on any atom is 0.247 e. The van der Waals surface area contributed by atoms with Crippen molar-refractivity contribution in [3.63, 3.8) is 0 Å². The topological polar surface area (TPSA) is 113 Å². The van der Waals surface area contributed by atoms with Gasteiger partial charge in [-0.25, -0.2) is 4.98 Å². The molecule has 2 N–H and O–H groups in total. The fourth-order valence-electron chi connectivity index (χ4n) is 3.79. The summed E-state index contributed by atoms with van der Waals surface area (Å²) in [4.78, 5) is 13.7. The van der Waals surface area contributed by atoms with Crippen molar-refractivity contribution < 1.29 is 23.4 Å². The molecule has 3 heterocycles. The Labute approximate surface area is 235 Å².